The molecule has 2 aliphatic heterocycles. The second kappa shape index (κ2) is 5.02. The van der Waals surface area contributed by atoms with Crippen LogP contribution in [0.2, 0.25) is 0 Å². The molecule has 3 rings (SSSR count). The lowest BCUT2D eigenvalue weighted by atomic mass is 9.84. The lowest BCUT2D eigenvalue weighted by Crippen LogP contribution is -2.41. The van der Waals surface area contributed by atoms with Gasteiger partial charge in [-0.2, -0.15) is 0 Å². The van der Waals surface area contributed by atoms with E-state index >= 15 is 0 Å². The first-order valence-electron chi connectivity index (χ1n) is 7.11. The van der Waals surface area contributed by atoms with E-state index in [1.807, 2.05) is 0 Å². The van der Waals surface area contributed by atoms with Gasteiger partial charge < -0.3 is 0 Å². The fourth-order valence-electron chi connectivity index (χ4n) is 3.35. The van der Waals surface area contributed by atoms with Crippen LogP contribution in [-0.2, 0) is 4.79 Å². The van der Waals surface area contributed by atoms with E-state index in [1.165, 1.54) is 17.1 Å². The molecule has 0 spiro atoms. The average Bonchev–Trinajstić information content (AvgIpc) is 2.98. The van der Waals surface area contributed by atoms with E-state index in [2.05, 4.69) is 0 Å². The van der Waals surface area contributed by atoms with E-state index in [1.54, 1.807) is 24.1 Å². The van der Waals surface area contributed by atoms with Gasteiger partial charge in [0.15, 0.2) is 0 Å². The highest BCUT2D eigenvalue weighted by Crippen LogP contribution is 2.46. The molecule has 6 heteroatoms. The molecule has 2 fully saturated rings. The molecule has 1 amide bonds. The van der Waals surface area contributed by atoms with Crippen molar-refractivity contribution < 1.29 is 18.0 Å². The van der Waals surface area contributed by atoms with Gasteiger partial charge in [0.05, 0.1) is 6.04 Å². The Hall–Kier alpha value is -1.56. The van der Waals surface area contributed by atoms with Gasteiger partial charge in [-0.1, -0.05) is 19.1 Å². The van der Waals surface area contributed by atoms with Crippen LogP contribution >= 0.6 is 0 Å². The van der Waals surface area contributed by atoms with Crippen LogP contribution in [-0.4, -0.2) is 35.4 Å². The van der Waals surface area contributed by atoms with Crippen LogP contribution in [0.4, 0.5) is 13.2 Å². The van der Waals surface area contributed by atoms with Gasteiger partial charge in [0.25, 0.3) is 12.3 Å². The number of nitrogens with zero attached hydrogens (tertiary/aromatic N) is 2. The van der Waals surface area contributed by atoms with Crippen molar-refractivity contribution in [2.24, 2.45) is 5.41 Å². The lowest BCUT2D eigenvalue weighted by molar-refractivity contribution is -0.148. The van der Waals surface area contributed by atoms with Gasteiger partial charge in [0, 0.05) is 13.1 Å². The first kappa shape index (κ1) is 14.4. The zero-order chi connectivity index (χ0) is 15.2. The number of hydrogen-bond acceptors (Lipinski definition) is 2. The Bertz CT molecular complexity index is 566. The van der Waals surface area contributed by atoms with Gasteiger partial charge in [-0.25, -0.2) is 18.2 Å². The number of alkyl halides is 2. The molecule has 0 N–H and O–H groups in total. The highest BCUT2D eigenvalue weighted by atomic mass is 19.3. The van der Waals surface area contributed by atoms with E-state index < -0.39 is 17.7 Å². The number of benzene rings is 1. The third-order valence-corrected chi connectivity index (χ3v) is 4.64. The van der Waals surface area contributed by atoms with Crippen LogP contribution < -0.4 is 0 Å². The SMILES string of the molecule is CCC1(C(F)F)CN2CC[C@H](c3cccc(F)c3)N2C1=O. The Kier molecular flexibility index (Phi) is 3.43. The quantitative estimate of drug-likeness (QED) is 0.856. The van der Waals surface area contributed by atoms with E-state index in [0.29, 0.717) is 18.5 Å². The van der Waals surface area contributed by atoms with Crippen molar-refractivity contribution >= 4 is 5.91 Å². The largest absolute Gasteiger partial charge is 0.272 e. The van der Waals surface area contributed by atoms with Crippen molar-refractivity contribution in [1.29, 1.82) is 0 Å². The second-order valence-corrected chi connectivity index (χ2v) is 5.71. The number of amides is 1. The second-order valence-electron chi connectivity index (χ2n) is 5.71. The predicted molar refractivity (Wildman–Crippen MR) is 70.9 cm³/mol. The summed E-state index contributed by atoms with van der Waals surface area (Å²) >= 11 is 0. The first-order valence-corrected chi connectivity index (χ1v) is 7.11. The van der Waals surface area contributed by atoms with Crippen LogP contribution in [0.25, 0.3) is 0 Å². The number of carbonyl (C=O) groups is 1. The van der Waals surface area contributed by atoms with Gasteiger partial charge in [-0.15, -0.1) is 0 Å². The van der Waals surface area contributed by atoms with Crippen molar-refractivity contribution in [3.8, 4) is 0 Å². The Morgan fingerprint density at radius 3 is 2.81 bits per heavy atom. The molecular formula is C15H17F3N2O. The normalized spacial score (nSPS) is 29.5. The van der Waals surface area contributed by atoms with E-state index in [0.717, 1.165) is 0 Å². The van der Waals surface area contributed by atoms with Gasteiger partial charge in [0.1, 0.15) is 11.2 Å². The van der Waals surface area contributed by atoms with Gasteiger partial charge in [0.2, 0.25) is 0 Å². The third kappa shape index (κ3) is 2.04. The average molecular weight is 298 g/mol. The highest BCUT2D eigenvalue weighted by molar-refractivity contribution is 5.85. The van der Waals surface area contributed by atoms with Gasteiger partial charge >= 0.3 is 0 Å². The molecule has 0 aromatic heterocycles. The van der Waals surface area contributed by atoms with Gasteiger partial charge in [-0.3, -0.25) is 9.80 Å². The molecule has 2 saturated heterocycles. The first-order chi connectivity index (χ1) is 9.99. The minimum absolute atomic E-state index is 0.0474. The number of hydrogen-bond donors (Lipinski definition) is 0. The fraction of sp³-hybridized carbons (Fsp3) is 0.533. The summed E-state index contributed by atoms with van der Waals surface area (Å²) in [5.74, 6) is -0.917. The Balaban J connectivity index is 1.94. The Labute approximate surface area is 121 Å². The zero-order valence-corrected chi connectivity index (χ0v) is 11.7. The summed E-state index contributed by atoms with van der Waals surface area (Å²) < 4.78 is 40.2. The fourth-order valence-corrected chi connectivity index (χ4v) is 3.35. The molecule has 0 bridgehead atoms. The number of hydrazine groups is 1. The Morgan fingerprint density at radius 1 is 1.43 bits per heavy atom. The number of rotatable bonds is 3. The summed E-state index contributed by atoms with van der Waals surface area (Å²) in [7, 11) is 0. The summed E-state index contributed by atoms with van der Waals surface area (Å²) in [4.78, 5) is 12.6. The van der Waals surface area contributed by atoms with Gasteiger partial charge in [-0.05, 0) is 30.5 Å². The molecule has 0 radical (unpaired) electrons. The number of fused-ring (bicyclic) bond motifs is 1. The van der Waals surface area contributed by atoms with Crippen molar-refractivity contribution in [2.45, 2.75) is 32.2 Å². The number of halogens is 3. The van der Waals surface area contributed by atoms with E-state index in [9.17, 15) is 18.0 Å². The minimum Gasteiger partial charge on any atom is -0.272 e. The van der Waals surface area contributed by atoms with Crippen LogP contribution in [0.1, 0.15) is 31.4 Å². The summed E-state index contributed by atoms with van der Waals surface area (Å²) in [5.41, 5.74) is -0.960. The van der Waals surface area contributed by atoms with Crippen LogP contribution in [0.5, 0.6) is 0 Å². The lowest BCUT2D eigenvalue weighted by Gasteiger charge is -2.27. The van der Waals surface area contributed by atoms with Crippen molar-refractivity contribution in [2.75, 3.05) is 13.1 Å². The molecule has 114 valence electrons. The zero-order valence-electron chi connectivity index (χ0n) is 11.7. The monoisotopic (exact) mass is 298 g/mol. The minimum atomic E-state index is -2.69. The summed E-state index contributed by atoms with van der Waals surface area (Å²) in [6.07, 6.45) is -1.95. The number of carbonyl (C=O) groups excluding carboxylic acids is 1. The maximum absolute atomic E-state index is 13.4. The van der Waals surface area contributed by atoms with E-state index in [4.69, 9.17) is 0 Å². The van der Waals surface area contributed by atoms with Crippen molar-refractivity contribution in [3.63, 3.8) is 0 Å². The maximum atomic E-state index is 13.4. The molecule has 21 heavy (non-hydrogen) atoms. The molecule has 2 heterocycles. The highest BCUT2D eigenvalue weighted by Gasteiger charge is 2.59. The molecule has 2 atom stereocenters. The Morgan fingerprint density at radius 2 is 2.19 bits per heavy atom. The van der Waals surface area contributed by atoms with E-state index in [-0.39, 0.29) is 24.8 Å². The topological polar surface area (TPSA) is 23.6 Å². The van der Waals surface area contributed by atoms with Crippen LogP contribution in [0, 0.1) is 11.2 Å². The standard InChI is InChI=1S/C15H17F3N2O/c1-2-15(13(17)18)9-19-7-6-12(20(19)14(15)21)10-4-3-5-11(16)8-10/h3-5,8,12-13H,2,6-7,9H2,1H3/t12-,15?/m1/s1. The molecule has 3 nitrogen and oxygen atoms in total. The van der Waals surface area contributed by atoms with Crippen molar-refractivity contribution in [1.82, 2.24) is 10.0 Å². The third-order valence-electron chi connectivity index (χ3n) is 4.64. The predicted octanol–water partition coefficient (Wildman–Crippen LogP) is 2.99. The molecular weight excluding hydrogens is 281 g/mol. The summed E-state index contributed by atoms with van der Waals surface area (Å²) in [6, 6.07) is 5.67. The van der Waals surface area contributed by atoms with Crippen LogP contribution in [0.3, 0.4) is 0 Å². The molecule has 0 aliphatic carbocycles. The molecule has 1 unspecified atom stereocenters. The summed E-state index contributed by atoms with van der Waals surface area (Å²) in [6.45, 7) is 2.21. The molecule has 1 aromatic rings. The maximum Gasteiger partial charge on any atom is 0.254 e. The summed E-state index contributed by atoms with van der Waals surface area (Å²) in [5, 5.41) is 3.11. The van der Waals surface area contributed by atoms with Crippen LogP contribution in [0.15, 0.2) is 24.3 Å². The smallest absolute Gasteiger partial charge is 0.254 e. The molecule has 2 aliphatic rings. The molecule has 1 aromatic carbocycles. The van der Waals surface area contributed by atoms with Crippen molar-refractivity contribution in [3.05, 3.63) is 35.6 Å². The molecule has 0 saturated carbocycles.